The standard InChI is InChI=1S/C17H29N5O8S2/c1-32-5-4-10(20-14(26)8(18)6-13(24)25)16(28)21-9(2-3-12(19)23)15(27)22-11(7-31)17(29)30/h8-11,31H,2-7,18H2,1H3,(H2,19,23)(H,20,26)(H,21,28)(H,22,27)(H,24,25)(H,29,30). The van der Waals surface area contributed by atoms with E-state index in [0.717, 1.165) is 0 Å². The molecule has 0 rings (SSSR count). The van der Waals surface area contributed by atoms with Crippen molar-refractivity contribution in [2.45, 2.75) is 49.9 Å². The van der Waals surface area contributed by atoms with E-state index in [1.165, 1.54) is 11.8 Å². The van der Waals surface area contributed by atoms with Crippen LogP contribution in [0.1, 0.15) is 25.7 Å². The third kappa shape index (κ3) is 11.8. The fraction of sp³-hybridized carbons (Fsp3) is 0.647. The Morgan fingerprint density at radius 1 is 0.906 bits per heavy atom. The molecule has 0 aromatic rings. The molecule has 0 aliphatic rings. The van der Waals surface area contributed by atoms with Crippen LogP contribution in [-0.2, 0) is 28.8 Å². The van der Waals surface area contributed by atoms with Gasteiger partial charge in [0.1, 0.15) is 18.1 Å². The van der Waals surface area contributed by atoms with Crippen molar-refractivity contribution in [1.82, 2.24) is 16.0 Å². The predicted molar refractivity (Wildman–Crippen MR) is 119 cm³/mol. The Bertz CT molecular complexity index is 708. The highest BCUT2D eigenvalue weighted by atomic mass is 32.2. The lowest BCUT2D eigenvalue weighted by molar-refractivity contribution is -0.141. The van der Waals surface area contributed by atoms with Crippen LogP contribution in [0.3, 0.4) is 0 Å². The Labute approximate surface area is 194 Å². The van der Waals surface area contributed by atoms with Crippen LogP contribution in [-0.4, -0.2) is 87.7 Å². The van der Waals surface area contributed by atoms with Gasteiger partial charge >= 0.3 is 11.9 Å². The first-order valence-corrected chi connectivity index (χ1v) is 11.4. The number of carboxylic acids is 2. The van der Waals surface area contributed by atoms with E-state index in [-0.39, 0.29) is 25.0 Å². The van der Waals surface area contributed by atoms with Crippen LogP contribution < -0.4 is 27.4 Å². The molecule has 0 aliphatic carbocycles. The summed E-state index contributed by atoms with van der Waals surface area (Å²) in [7, 11) is 0. The molecule has 0 aliphatic heterocycles. The summed E-state index contributed by atoms with van der Waals surface area (Å²) in [6, 6.07) is -5.20. The van der Waals surface area contributed by atoms with Crippen molar-refractivity contribution in [2.75, 3.05) is 17.8 Å². The molecule has 0 radical (unpaired) electrons. The minimum Gasteiger partial charge on any atom is -0.481 e. The number of thioether (sulfide) groups is 1. The number of amides is 4. The number of thiol groups is 1. The van der Waals surface area contributed by atoms with Crippen molar-refractivity contribution >= 4 is 60.0 Å². The van der Waals surface area contributed by atoms with Gasteiger partial charge in [0, 0.05) is 12.2 Å². The fourth-order valence-corrected chi connectivity index (χ4v) is 3.07. The van der Waals surface area contributed by atoms with Crippen LogP contribution in [0.25, 0.3) is 0 Å². The molecule has 0 saturated carbocycles. The van der Waals surface area contributed by atoms with Crippen LogP contribution >= 0.6 is 24.4 Å². The molecule has 0 bridgehead atoms. The number of nitrogens with one attached hydrogen (secondary N) is 3. The zero-order valence-electron chi connectivity index (χ0n) is 17.4. The van der Waals surface area contributed by atoms with Crippen LogP contribution in [0.5, 0.6) is 0 Å². The van der Waals surface area contributed by atoms with Gasteiger partial charge in [-0.15, -0.1) is 0 Å². The molecule has 0 aromatic carbocycles. The summed E-state index contributed by atoms with van der Waals surface area (Å²) in [5.41, 5.74) is 10.6. The highest BCUT2D eigenvalue weighted by molar-refractivity contribution is 7.98. The second-order valence-electron chi connectivity index (χ2n) is 6.70. The molecule has 182 valence electrons. The van der Waals surface area contributed by atoms with Crippen LogP contribution in [0.2, 0.25) is 0 Å². The maximum Gasteiger partial charge on any atom is 0.327 e. The molecule has 0 aromatic heterocycles. The van der Waals surface area contributed by atoms with Crippen LogP contribution in [0, 0.1) is 0 Å². The first-order chi connectivity index (χ1) is 14.9. The lowest BCUT2D eigenvalue weighted by Crippen LogP contribution is -2.57. The van der Waals surface area contributed by atoms with E-state index in [2.05, 4.69) is 28.6 Å². The number of aliphatic carboxylic acids is 2. The maximum absolute atomic E-state index is 12.8. The van der Waals surface area contributed by atoms with Gasteiger partial charge in [-0.2, -0.15) is 24.4 Å². The minimum atomic E-state index is -1.39. The molecular formula is C17H29N5O8S2. The highest BCUT2D eigenvalue weighted by Gasteiger charge is 2.30. The molecule has 0 fully saturated rings. The monoisotopic (exact) mass is 495 g/mol. The van der Waals surface area contributed by atoms with E-state index < -0.39 is 66.2 Å². The summed E-state index contributed by atoms with van der Waals surface area (Å²) < 4.78 is 0. The SMILES string of the molecule is CSCCC(NC(=O)C(N)CC(=O)O)C(=O)NC(CCC(N)=O)C(=O)NC(CS)C(=O)O. The smallest absolute Gasteiger partial charge is 0.327 e. The normalized spacial score (nSPS) is 14.3. The zero-order valence-corrected chi connectivity index (χ0v) is 19.1. The number of nitrogens with two attached hydrogens (primary N) is 2. The lowest BCUT2D eigenvalue weighted by atomic mass is 10.1. The van der Waals surface area contributed by atoms with Crippen molar-refractivity contribution in [1.29, 1.82) is 0 Å². The molecule has 0 heterocycles. The third-order valence-corrected chi connectivity index (χ3v) is 5.09. The van der Waals surface area contributed by atoms with E-state index in [9.17, 15) is 28.8 Å². The van der Waals surface area contributed by atoms with Crippen molar-refractivity contribution in [2.24, 2.45) is 11.5 Å². The van der Waals surface area contributed by atoms with E-state index >= 15 is 0 Å². The van der Waals surface area contributed by atoms with Gasteiger partial charge in [-0.05, 0) is 24.9 Å². The zero-order chi connectivity index (χ0) is 24.8. The molecule has 32 heavy (non-hydrogen) atoms. The first kappa shape index (κ1) is 29.5. The molecule has 4 atom stereocenters. The van der Waals surface area contributed by atoms with E-state index in [0.29, 0.717) is 5.75 Å². The third-order valence-electron chi connectivity index (χ3n) is 4.08. The number of carbonyl (C=O) groups is 6. The Kier molecular flexibility index (Phi) is 14.1. The van der Waals surface area contributed by atoms with Crippen molar-refractivity contribution in [3.05, 3.63) is 0 Å². The van der Waals surface area contributed by atoms with Gasteiger partial charge in [-0.3, -0.25) is 24.0 Å². The minimum absolute atomic E-state index is 0.136. The first-order valence-electron chi connectivity index (χ1n) is 9.42. The average molecular weight is 496 g/mol. The van der Waals surface area contributed by atoms with Crippen molar-refractivity contribution in [3.8, 4) is 0 Å². The van der Waals surface area contributed by atoms with Gasteiger partial charge in [-0.25, -0.2) is 4.79 Å². The number of carbonyl (C=O) groups excluding carboxylic acids is 4. The van der Waals surface area contributed by atoms with Crippen molar-refractivity contribution in [3.63, 3.8) is 0 Å². The van der Waals surface area contributed by atoms with E-state index in [1.807, 2.05) is 0 Å². The largest absolute Gasteiger partial charge is 0.481 e. The molecule has 4 amide bonds. The molecule has 0 spiro atoms. The van der Waals surface area contributed by atoms with Gasteiger partial charge in [0.05, 0.1) is 12.5 Å². The molecule has 0 saturated heterocycles. The van der Waals surface area contributed by atoms with E-state index in [1.54, 1.807) is 6.26 Å². The van der Waals surface area contributed by atoms with Gasteiger partial charge in [0.25, 0.3) is 0 Å². The van der Waals surface area contributed by atoms with Crippen molar-refractivity contribution < 1.29 is 39.0 Å². The predicted octanol–water partition coefficient (Wildman–Crippen LogP) is -2.72. The van der Waals surface area contributed by atoms with Gasteiger partial charge < -0.3 is 37.6 Å². The van der Waals surface area contributed by atoms with Crippen LogP contribution in [0.15, 0.2) is 0 Å². The number of rotatable bonds is 16. The Morgan fingerprint density at radius 3 is 1.84 bits per heavy atom. The Hall–Kier alpha value is -2.52. The quantitative estimate of drug-likeness (QED) is 0.103. The number of primary amides is 1. The number of carboxylic acid groups (broad SMARTS) is 2. The van der Waals surface area contributed by atoms with Gasteiger partial charge in [0.2, 0.25) is 23.6 Å². The van der Waals surface area contributed by atoms with Gasteiger partial charge in [-0.1, -0.05) is 0 Å². The summed E-state index contributed by atoms with van der Waals surface area (Å²) in [5, 5.41) is 24.8. The average Bonchev–Trinajstić information content (AvgIpc) is 2.70. The maximum atomic E-state index is 12.8. The fourth-order valence-electron chi connectivity index (χ4n) is 2.35. The second kappa shape index (κ2) is 15.3. The molecule has 13 nitrogen and oxygen atoms in total. The summed E-state index contributed by atoms with van der Waals surface area (Å²) in [5.74, 6) is -5.70. The van der Waals surface area contributed by atoms with Crippen LogP contribution in [0.4, 0.5) is 0 Å². The topological polar surface area (TPSA) is 231 Å². The molecule has 9 N–H and O–H groups in total. The van der Waals surface area contributed by atoms with Gasteiger partial charge in [0.15, 0.2) is 0 Å². The summed E-state index contributed by atoms with van der Waals surface area (Å²) >= 11 is 5.22. The summed E-state index contributed by atoms with van der Waals surface area (Å²) in [6.45, 7) is 0. The molecule has 15 heteroatoms. The van der Waals surface area contributed by atoms with E-state index in [4.69, 9.17) is 21.7 Å². The summed E-state index contributed by atoms with van der Waals surface area (Å²) in [6.07, 6.45) is 0.763. The lowest BCUT2D eigenvalue weighted by Gasteiger charge is -2.24. The Balaban J connectivity index is 5.44. The Morgan fingerprint density at radius 2 is 1.41 bits per heavy atom. The number of hydrogen-bond acceptors (Lipinski definition) is 9. The highest BCUT2D eigenvalue weighted by Crippen LogP contribution is 2.05. The summed E-state index contributed by atoms with van der Waals surface area (Å²) in [4.78, 5) is 70.4. The molecular weight excluding hydrogens is 466 g/mol. The second-order valence-corrected chi connectivity index (χ2v) is 8.05. The number of hydrogen-bond donors (Lipinski definition) is 8. The molecule has 4 unspecified atom stereocenters.